The van der Waals surface area contributed by atoms with E-state index in [4.69, 9.17) is 15.7 Å². The zero-order chi connectivity index (χ0) is 18.9. The highest BCUT2D eigenvalue weighted by Crippen LogP contribution is 2.20. The number of primary amides is 1. The van der Waals surface area contributed by atoms with Gasteiger partial charge in [-0.15, -0.1) is 10.2 Å². The van der Waals surface area contributed by atoms with Crippen molar-refractivity contribution in [1.29, 1.82) is 5.26 Å². The van der Waals surface area contributed by atoms with Gasteiger partial charge in [-0.1, -0.05) is 31.7 Å². The number of rotatable bonds is 10. The van der Waals surface area contributed by atoms with E-state index in [0.717, 1.165) is 17.5 Å². The lowest BCUT2D eigenvalue weighted by Crippen LogP contribution is -2.15. The zero-order valence-corrected chi connectivity index (χ0v) is 15.8. The fourth-order valence-corrected chi connectivity index (χ4v) is 3.13. The lowest BCUT2D eigenvalue weighted by atomic mass is 10.2. The summed E-state index contributed by atoms with van der Waals surface area (Å²) < 4.78 is 7.74. The number of thioether (sulfide) groups is 1. The topological polar surface area (TPSA) is 107 Å². The van der Waals surface area contributed by atoms with Gasteiger partial charge in [0.1, 0.15) is 11.6 Å². The molecule has 0 atom stereocenters. The van der Waals surface area contributed by atoms with Gasteiger partial charge in [0.25, 0.3) is 0 Å². The lowest BCUT2D eigenvalue weighted by Gasteiger charge is -2.12. The van der Waals surface area contributed by atoms with Crippen molar-refractivity contribution < 1.29 is 9.53 Å². The van der Waals surface area contributed by atoms with Crippen LogP contribution >= 0.6 is 11.8 Å². The van der Waals surface area contributed by atoms with Crippen LogP contribution in [-0.2, 0) is 17.8 Å². The number of hydrogen-bond donors (Lipinski definition) is 1. The highest BCUT2D eigenvalue weighted by atomic mass is 32.2. The third-order valence-electron chi connectivity index (χ3n) is 3.48. The fourth-order valence-electron chi connectivity index (χ4n) is 2.34. The van der Waals surface area contributed by atoms with Crippen molar-refractivity contribution in [3.05, 3.63) is 35.7 Å². The van der Waals surface area contributed by atoms with Crippen molar-refractivity contribution in [2.75, 3.05) is 12.4 Å². The normalized spacial score (nSPS) is 10.7. The summed E-state index contributed by atoms with van der Waals surface area (Å²) in [5.74, 6) is 2.25. The number of benzene rings is 1. The monoisotopic (exact) mass is 373 g/mol. The summed E-state index contributed by atoms with van der Waals surface area (Å²) in [6.07, 6.45) is 0.756. The van der Waals surface area contributed by atoms with Crippen LogP contribution in [0.3, 0.4) is 0 Å². The zero-order valence-electron chi connectivity index (χ0n) is 15.0. The van der Waals surface area contributed by atoms with Crippen LogP contribution in [0.25, 0.3) is 0 Å². The van der Waals surface area contributed by atoms with E-state index in [1.807, 2.05) is 6.07 Å². The number of aryl methyl sites for hydroxylation is 1. The maximum Gasteiger partial charge on any atom is 0.217 e. The van der Waals surface area contributed by atoms with Crippen LogP contribution < -0.4 is 10.5 Å². The Bertz CT molecular complexity index is 782. The predicted molar refractivity (Wildman–Crippen MR) is 99.8 cm³/mol. The van der Waals surface area contributed by atoms with Crippen LogP contribution in [-0.4, -0.2) is 33.0 Å². The summed E-state index contributed by atoms with van der Waals surface area (Å²) in [5.41, 5.74) is 5.81. The molecule has 7 nitrogen and oxygen atoms in total. The number of amides is 1. The molecule has 0 aliphatic rings. The van der Waals surface area contributed by atoms with Gasteiger partial charge in [-0.3, -0.25) is 4.79 Å². The van der Waals surface area contributed by atoms with Crippen LogP contribution in [0.1, 0.15) is 31.7 Å². The Labute approximate surface area is 157 Å². The number of nitriles is 1. The predicted octanol–water partition coefficient (Wildman–Crippen LogP) is 2.39. The van der Waals surface area contributed by atoms with Gasteiger partial charge in [0.15, 0.2) is 5.16 Å². The SMILES string of the molecule is CC(C)Cn1c(CCC(N)=O)nnc1SCCOc1cccc(C#N)c1. The summed E-state index contributed by atoms with van der Waals surface area (Å²) in [4.78, 5) is 11.0. The van der Waals surface area contributed by atoms with E-state index in [0.29, 0.717) is 36.0 Å². The molecule has 0 saturated heterocycles. The third kappa shape index (κ3) is 6.08. The van der Waals surface area contributed by atoms with Gasteiger partial charge < -0.3 is 15.0 Å². The number of ether oxygens (including phenoxy) is 1. The molecule has 26 heavy (non-hydrogen) atoms. The molecular weight excluding hydrogens is 350 g/mol. The first kappa shape index (κ1) is 19.8. The first-order valence-electron chi connectivity index (χ1n) is 8.45. The molecular formula is C18H23N5O2S. The fraction of sp³-hybridized carbons (Fsp3) is 0.444. The Kier molecular flexibility index (Phi) is 7.48. The molecule has 0 aliphatic heterocycles. The lowest BCUT2D eigenvalue weighted by molar-refractivity contribution is -0.118. The van der Waals surface area contributed by atoms with Crippen molar-refractivity contribution in [3.63, 3.8) is 0 Å². The molecule has 0 fully saturated rings. The van der Waals surface area contributed by atoms with E-state index < -0.39 is 0 Å². The molecule has 2 rings (SSSR count). The van der Waals surface area contributed by atoms with Gasteiger partial charge in [0, 0.05) is 25.1 Å². The second kappa shape index (κ2) is 9.82. The minimum absolute atomic E-state index is 0.263. The number of carbonyl (C=O) groups is 1. The number of carbonyl (C=O) groups excluding carboxylic acids is 1. The van der Waals surface area contributed by atoms with Crippen LogP contribution in [0.5, 0.6) is 5.75 Å². The highest BCUT2D eigenvalue weighted by molar-refractivity contribution is 7.99. The summed E-state index contributed by atoms with van der Waals surface area (Å²) in [5, 5.41) is 18.2. The second-order valence-electron chi connectivity index (χ2n) is 6.21. The average Bonchev–Trinajstić information content (AvgIpc) is 2.98. The minimum Gasteiger partial charge on any atom is -0.493 e. The minimum atomic E-state index is -0.341. The largest absolute Gasteiger partial charge is 0.493 e. The quantitative estimate of drug-likeness (QED) is 0.506. The molecule has 0 spiro atoms. The van der Waals surface area contributed by atoms with E-state index in [1.165, 1.54) is 0 Å². The first-order valence-corrected chi connectivity index (χ1v) is 9.44. The van der Waals surface area contributed by atoms with Gasteiger partial charge in [0.2, 0.25) is 5.91 Å². The second-order valence-corrected chi connectivity index (χ2v) is 7.27. The molecule has 0 aliphatic carbocycles. The van der Waals surface area contributed by atoms with Crippen LogP contribution in [0.15, 0.2) is 29.4 Å². The molecule has 0 saturated carbocycles. The molecule has 0 radical (unpaired) electrons. The number of hydrogen-bond acceptors (Lipinski definition) is 6. The summed E-state index contributed by atoms with van der Waals surface area (Å²) in [7, 11) is 0. The van der Waals surface area contributed by atoms with Crippen LogP contribution in [0, 0.1) is 17.2 Å². The molecule has 1 aromatic heterocycles. The van der Waals surface area contributed by atoms with E-state index in [2.05, 4.69) is 34.7 Å². The molecule has 2 N–H and O–H groups in total. The molecule has 2 aromatic rings. The Morgan fingerprint density at radius 2 is 2.23 bits per heavy atom. The van der Waals surface area contributed by atoms with Crippen molar-refractivity contribution in [2.45, 2.75) is 38.4 Å². The summed E-state index contributed by atoms with van der Waals surface area (Å²) in [6, 6.07) is 9.17. The molecule has 0 bridgehead atoms. The molecule has 8 heteroatoms. The van der Waals surface area contributed by atoms with E-state index in [1.54, 1.807) is 30.0 Å². The smallest absolute Gasteiger partial charge is 0.217 e. The molecule has 1 aromatic carbocycles. The van der Waals surface area contributed by atoms with Crippen molar-refractivity contribution >= 4 is 17.7 Å². The van der Waals surface area contributed by atoms with Gasteiger partial charge in [-0.05, 0) is 24.1 Å². The summed E-state index contributed by atoms with van der Waals surface area (Å²) >= 11 is 1.56. The summed E-state index contributed by atoms with van der Waals surface area (Å²) in [6.45, 7) is 5.52. The van der Waals surface area contributed by atoms with Crippen molar-refractivity contribution in [2.24, 2.45) is 11.7 Å². The Morgan fingerprint density at radius 3 is 2.92 bits per heavy atom. The Balaban J connectivity index is 1.93. The molecule has 1 amide bonds. The Hall–Kier alpha value is -2.53. The molecule has 0 unspecified atom stereocenters. The molecule has 138 valence electrons. The van der Waals surface area contributed by atoms with Crippen LogP contribution in [0.2, 0.25) is 0 Å². The highest BCUT2D eigenvalue weighted by Gasteiger charge is 2.14. The number of aromatic nitrogens is 3. The van der Waals surface area contributed by atoms with Gasteiger partial charge in [0.05, 0.1) is 18.2 Å². The van der Waals surface area contributed by atoms with Crippen molar-refractivity contribution in [3.8, 4) is 11.8 Å². The van der Waals surface area contributed by atoms with E-state index >= 15 is 0 Å². The van der Waals surface area contributed by atoms with E-state index in [-0.39, 0.29) is 12.3 Å². The standard InChI is InChI=1S/C18H23N5O2S/c1-13(2)12-23-17(7-6-16(20)24)21-22-18(23)26-9-8-25-15-5-3-4-14(10-15)11-19/h3-5,10,13H,6-9,12H2,1-2H3,(H2,20,24). The van der Waals surface area contributed by atoms with Crippen molar-refractivity contribution in [1.82, 2.24) is 14.8 Å². The number of nitrogens with two attached hydrogens (primary N) is 1. The van der Waals surface area contributed by atoms with Gasteiger partial charge in [-0.2, -0.15) is 5.26 Å². The maximum absolute atomic E-state index is 11.0. The van der Waals surface area contributed by atoms with Gasteiger partial charge in [-0.25, -0.2) is 0 Å². The number of nitrogens with zero attached hydrogens (tertiary/aromatic N) is 4. The Morgan fingerprint density at radius 1 is 1.42 bits per heavy atom. The first-order chi connectivity index (χ1) is 12.5. The maximum atomic E-state index is 11.0. The van der Waals surface area contributed by atoms with Crippen LogP contribution in [0.4, 0.5) is 0 Å². The average molecular weight is 373 g/mol. The molecule has 1 heterocycles. The van der Waals surface area contributed by atoms with Gasteiger partial charge >= 0.3 is 0 Å². The van der Waals surface area contributed by atoms with E-state index in [9.17, 15) is 4.79 Å². The third-order valence-corrected chi connectivity index (χ3v) is 4.41.